The molecule has 2 aliphatic rings. The Morgan fingerprint density at radius 3 is 2.67 bits per heavy atom. The van der Waals surface area contributed by atoms with Crippen LogP contribution >= 0.6 is 0 Å². The van der Waals surface area contributed by atoms with Crippen molar-refractivity contribution in [3.63, 3.8) is 0 Å². The molecule has 0 aromatic heterocycles. The summed E-state index contributed by atoms with van der Waals surface area (Å²) in [6.45, 7) is 0. The lowest BCUT2D eigenvalue weighted by molar-refractivity contribution is 1.11. The van der Waals surface area contributed by atoms with Gasteiger partial charge in [-0.3, -0.25) is 0 Å². The van der Waals surface area contributed by atoms with Crippen LogP contribution in [-0.2, 0) is 0 Å². The summed E-state index contributed by atoms with van der Waals surface area (Å²) < 4.78 is 1.75. The fraction of sp³-hybridized carbons (Fsp3) is 0. The zero-order chi connectivity index (χ0) is 4.15. The highest BCUT2D eigenvalue weighted by Gasteiger charge is 2.20. The molecule has 0 amide bonds. The van der Waals surface area contributed by atoms with Crippen LogP contribution in [0.15, 0.2) is 6.20 Å². The van der Waals surface area contributed by atoms with Crippen molar-refractivity contribution in [1.29, 1.82) is 0 Å². The molecule has 0 aromatic carbocycles. The van der Waals surface area contributed by atoms with Crippen molar-refractivity contribution in [2.75, 3.05) is 5.73 Å². The van der Waals surface area contributed by atoms with Gasteiger partial charge in [0.2, 0.25) is 0 Å². The van der Waals surface area contributed by atoms with Crippen molar-refractivity contribution >= 4 is 5.69 Å². The Balaban J connectivity index is 2.83. The first-order valence-corrected chi connectivity index (χ1v) is 1.73. The van der Waals surface area contributed by atoms with E-state index in [0.717, 1.165) is 11.5 Å². The fourth-order valence-corrected chi connectivity index (χ4v) is 0.483. The van der Waals surface area contributed by atoms with Gasteiger partial charge >= 0.3 is 0 Å². The van der Waals surface area contributed by atoms with Crippen molar-refractivity contribution < 1.29 is 0 Å². The number of aromatic nitrogens is 2. The Labute approximate surface area is 34.4 Å². The molecule has 0 atom stereocenters. The van der Waals surface area contributed by atoms with E-state index in [2.05, 4.69) is 5.10 Å². The number of nitrogens with two attached hydrogens (primary N) is 1. The third-order valence-electron chi connectivity index (χ3n) is 0.900. The van der Waals surface area contributed by atoms with Crippen LogP contribution in [0.4, 0.5) is 5.69 Å². The largest absolute Gasteiger partial charge is 0.394 e. The smallest absolute Gasteiger partial charge is 0.198 e. The molecule has 0 unspecified atom stereocenters. The van der Waals surface area contributed by atoms with Crippen molar-refractivity contribution in [2.45, 2.75) is 0 Å². The molecule has 30 valence electrons. The fourth-order valence-electron chi connectivity index (χ4n) is 0.483. The zero-order valence-electron chi connectivity index (χ0n) is 3.05. The van der Waals surface area contributed by atoms with Crippen LogP contribution in [0.1, 0.15) is 0 Å². The van der Waals surface area contributed by atoms with Gasteiger partial charge in [-0.1, -0.05) is 0 Å². The molecule has 0 saturated carbocycles. The van der Waals surface area contributed by atoms with Gasteiger partial charge in [-0.15, -0.1) is 5.10 Å². The summed E-state index contributed by atoms with van der Waals surface area (Å²) in [6, 6.07) is 0. The topological polar surface area (TPSA) is 43.8 Å². The number of hydrogen-bond donors (Lipinski definition) is 1. The maximum atomic E-state index is 5.25. The van der Waals surface area contributed by atoms with Gasteiger partial charge in [-0.2, -0.15) is 0 Å². The van der Waals surface area contributed by atoms with E-state index >= 15 is 0 Å². The summed E-state index contributed by atoms with van der Waals surface area (Å²) in [5.41, 5.74) is 6.07. The zero-order valence-corrected chi connectivity index (χ0v) is 3.05. The molecular formula is C3H3N3. The maximum absolute atomic E-state index is 5.25. The Morgan fingerprint density at radius 1 is 1.83 bits per heavy atom. The molecular weight excluding hydrogens is 78.1 g/mol. The average molecular weight is 81.1 g/mol. The maximum Gasteiger partial charge on any atom is 0.198 e. The average Bonchev–Trinajstić information content (AvgIpc) is 2.12. The third-order valence-corrected chi connectivity index (χ3v) is 0.900. The highest BCUT2D eigenvalue weighted by molar-refractivity contribution is 5.61. The van der Waals surface area contributed by atoms with Crippen LogP contribution in [-0.4, -0.2) is 9.78 Å². The molecule has 0 aliphatic carbocycles. The van der Waals surface area contributed by atoms with E-state index in [-0.39, 0.29) is 0 Å². The molecule has 0 radical (unpaired) electrons. The van der Waals surface area contributed by atoms with Crippen LogP contribution in [0.25, 0.3) is 5.82 Å². The SMILES string of the molecule is Nc1cn2nc1-2. The van der Waals surface area contributed by atoms with E-state index in [1.165, 1.54) is 0 Å². The Bertz CT molecular complexity index is 188. The molecule has 0 bridgehead atoms. The number of nitrogen functional groups attached to an aromatic ring is 1. The minimum Gasteiger partial charge on any atom is -0.394 e. The first kappa shape index (κ1) is 2.23. The minimum atomic E-state index is 0.815. The molecule has 2 heterocycles. The summed E-state index contributed by atoms with van der Waals surface area (Å²) in [5.74, 6) is 0.954. The Morgan fingerprint density at radius 2 is 2.67 bits per heavy atom. The summed E-state index contributed by atoms with van der Waals surface area (Å²) in [4.78, 5) is 0. The van der Waals surface area contributed by atoms with Gasteiger partial charge in [-0.05, 0) is 0 Å². The third kappa shape index (κ3) is 0.0718. The van der Waals surface area contributed by atoms with E-state index < -0.39 is 0 Å². The van der Waals surface area contributed by atoms with Gasteiger partial charge in [-0.25, -0.2) is 4.68 Å². The van der Waals surface area contributed by atoms with E-state index in [4.69, 9.17) is 5.73 Å². The standard InChI is InChI=1S/C3H3N3/c4-2-1-6-3(2)5-6/h1H,4H2. The molecule has 0 spiro atoms. The monoisotopic (exact) mass is 81.0 g/mol. The Hall–Kier alpha value is -0.990. The molecule has 0 aromatic rings. The second-order valence-electron chi connectivity index (χ2n) is 1.35. The highest BCUT2D eigenvalue weighted by Crippen LogP contribution is 2.25. The van der Waals surface area contributed by atoms with Crippen molar-refractivity contribution in [3.05, 3.63) is 6.20 Å². The number of hydrogen-bond acceptors (Lipinski definition) is 2. The van der Waals surface area contributed by atoms with Gasteiger partial charge < -0.3 is 5.73 Å². The van der Waals surface area contributed by atoms with Crippen LogP contribution in [0, 0.1) is 0 Å². The summed E-state index contributed by atoms with van der Waals surface area (Å²) in [5, 5.41) is 3.78. The predicted octanol–water partition coefficient (Wildman–Crippen LogP) is -0.232. The highest BCUT2D eigenvalue weighted by atomic mass is 15.5. The molecule has 3 heteroatoms. The van der Waals surface area contributed by atoms with Gasteiger partial charge in [0.1, 0.15) is 0 Å². The molecule has 6 heavy (non-hydrogen) atoms. The lowest BCUT2D eigenvalue weighted by atomic mass is 10.5. The summed E-state index contributed by atoms with van der Waals surface area (Å²) in [6.07, 6.45) is 1.79. The van der Waals surface area contributed by atoms with Gasteiger partial charge in [0, 0.05) is 0 Å². The van der Waals surface area contributed by atoms with E-state index in [1.54, 1.807) is 10.9 Å². The predicted molar refractivity (Wildman–Crippen MR) is 21.5 cm³/mol. The van der Waals surface area contributed by atoms with Crippen LogP contribution in [0.5, 0.6) is 0 Å². The number of fused-ring (bicyclic) bond motifs is 1. The Kier molecular flexibility index (Phi) is 0.135. The van der Waals surface area contributed by atoms with Gasteiger partial charge in [0.25, 0.3) is 0 Å². The van der Waals surface area contributed by atoms with E-state index in [1.807, 2.05) is 0 Å². The van der Waals surface area contributed by atoms with Gasteiger partial charge in [0.15, 0.2) is 5.82 Å². The van der Waals surface area contributed by atoms with Crippen LogP contribution < -0.4 is 5.73 Å². The van der Waals surface area contributed by atoms with Crippen LogP contribution in [0.2, 0.25) is 0 Å². The van der Waals surface area contributed by atoms with E-state index in [9.17, 15) is 0 Å². The first-order chi connectivity index (χ1) is 2.88. The normalized spacial score (nSPS) is 12.0. The molecule has 0 saturated heterocycles. The van der Waals surface area contributed by atoms with Crippen molar-refractivity contribution in [1.82, 2.24) is 9.78 Å². The molecule has 2 aliphatic heterocycles. The molecule has 0 fully saturated rings. The van der Waals surface area contributed by atoms with Crippen molar-refractivity contribution in [2.24, 2.45) is 0 Å². The first-order valence-electron chi connectivity index (χ1n) is 1.73. The number of nitrogens with zero attached hydrogens (tertiary/aromatic N) is 2. The second kappa shape index (κ2) is 0.363. The summed E-state index contributed by atoms with van der Waals surface area (Å²) >= 11 is 0. The molecule has 3 nitrogen and oxygen atoms in total. The second-order valence-corrected chi connectivity index (χ2v) is 1.35. The minimum absolute atomic E-state index is 0.815. The van der Waals surface area contributed by atoms with E-state index in [0.29, 0.717) is 0 Å². The lowest BCUT2D eigenvalue weighted by Gasteiger charge is -1.88. The van der Waals surface area contributed by atoms with Gasteiger partial charge in [0.05, 0.1) is 11.9 Å². The number of rotatable bonds is 0. The van der Waals surface area contributed by atoms with Crippen LogP contribution in [0.3, 0.4) is 0 Å². The lowest BCUT2D eigenvalue weighted by Crippen LogP contribution is -1.91. The van der Waals surface area contributed by atoms with Crippen molar-refractivity contribution in [3.8, 4) is 5.82 Å². The molecule has 2 N–H and O–H groups in total. The number of anilines is 1. The summed E-state index contributed by atoms with van der Waals surface area (Å²) in [7, 11) is 0. The quantitative estimate of drug-likeness (QED) is 0.476. The molecule has 2 rings (SSSR count).